The van der Waals surface area contributed by atoms with Gasteiger partial charge in [0.15, 0.2) is 23.4 Å². The normalized spacial score (nSPS) is 28.2. The van der Waals surface area contributed by atoms with E-state index >= 15 is 0 Å². The molecule has 0 saturated carbocycles. The number of aliphatic hydroxyl groups is 1. The molecule has 2 aromatic carbocycles. The second-order valence-corrected chi connectivity index (χ2v) is 11.6. The summed E-state index contributed by atoms with van der Waals surface area (Å²) >= 11 is 0. The van der Waals surface area contributed by atoms with Gasteiger partial charge < -0.3 is 38.3 Å². The summed E-state index contributed by atoms with van der Waals surface area (Å²) in [6.07, 6.45) is 0.550. The Morgan fingerprint density at radius 3 is 2.44 bits per heavy atom. The molecule has 0 amide bonds. The van der Waals surface area contributed by atoms with Gasteiger partial charge in [-0.15, -0.1) is 0 Å². The Kier molecular flexibility index (Phi) is 7.39. The Labute approximate surface area is 259 Å². The lowest BCUT2D eigenvalue weighted by Gasteiger charge is -2.48. The molecule has 4 aliphatic rings. The molecule has 45 heavy (non-hydrogen) atoms. The summed E-state index contributed by atoms with van der Waals surface area (Å²) in [5.41, 5.74) is -2.14. The first kappa shape index (κ1) is 30.3. The number of ether oxygens (including phenoxy) is 7. The number of hydrogen-bond acceptors (Lipinski definition) is 11. The number of methoxy groups -OCH3 is 2. The standard InChI is InChI=1S/C34H34O11/c1-7-17(2)31(36)44-25-18(3)33(4,38)30(45-32(37)19-11-9-8-10-12-19)21-14-22(39-5)27(40-6)29(35)34(21)15-41-28-24(34)20(25)13-23-26(28)43-16-42-23/h7-14,18,25,30,38H,15-16H2,1-6H3/b17-7-/t18-,25+,30-,33-,34?/m0/s1. The van der Waals surface area contributed by atoms with E-state index < -0.39 is 46.9 Å². The third-order valence-electron chi connectivity index (χ3n) is 9.25. The summed E-state index contributed by atoms with van der Waals surface area (Å²) in [6, 6.07) is 9.95. The van der Waals surface area contributed by atoms with E-state index in [-0.39, 0.29) is 47.6 Å². The largest absolute Gasteiger partial charge is 0.493 e. The highest BCUT2D eigenvalue weighted by molar-refractivity contribution is 6.09. The highest BCUT2D eigenvalue weighted by Crippen LogP contribution is 2.62. The quantitative estimate of drug-likeness (QED) is 0.368. The van der Waals surface area contributed by atoms with Gasteiger partial charge in [-0.05, 0) is 50.6 Å². The van der Waals surface area contributed by atoms with Crippen molar-refractivity contribution in [3.8, 4) is 17.2 Å². The number of fused-ring (bicyclic) bond motifs is 2. The molecule has 6 rings (SSSR count). The minimum Gasteiger partial charge on any atom is -0.493 e. The van der Waals surface area contributed by atoms with Crippen molar-refractivity contribution < 1.29 is 52.6 Å². The molecule has 11 heteroatoms. The van der Waals surface area contributed by atoms with Gasteiger partial charge in [-0.2, -0.15) is 0 Å². The molecule has 2 aliphatic heterocycles. The van der Waals surface area contributed by atoms with E-state index in [1.807, 2.05) is 0 Å². The van der Waals surface area contributed by atoms with E-state index in [9.17, 15) is 19.5 Å². The van der Waals surface area contributed by atoms with Crippen LogP contribution in [0.25, 0.3) is 0 Å². The van der Waals surface area contributed by atoms with Crippen molar-refractivity contribution in [3.63, 3.8) is 0 Å². The number of hydrogen-bond donors (Lipinski definition) is 1. The first-order chi connectivity index (χ1) is 21.5. The Balaban J connectivity index is 1.67. The maximum Gasteiger partial charge on any atom is 0.338 e. The molecular formula is C34H34O11. The number of Topliss-reactive ketones (excluding diaryl/α,β-unsaturated/α-hetero) is 1. The number of carbonyl (C=O) groups excluding carboxylic acids is 3. The van der Waals surface area contributed by atoms with Crippen LogP contribution in [0.15, 0.2) is 71.2 Å². The number of carbonyl (C=O) groups is 3. The van der Waals surface area contributed by atoms with Gasteiger partial charge in [-0.3, -0.25) is 4.79 Å². The first-order valence-corrected chi connectivity index (χ1v) is 14.5. The van der Waals surface area contributed by atoms with Gasteiger partial charge in [-0.25, -0.2) is 9.59 Å². The lowest BCUT2D eigenvalue weighted by Crippen LogP contribution is -2.58. The molecule has 1 N–H and O–H groups in total. The lowest BCUT2D eigenvalue weighted by molar-refractivity contribution is -0.163. The van der Waals surface area contributed by atoms with Gasteiger partial charge in [0, 0.05) is 22.6 Å². The second kappa shape index (κ2) is 11.0. The fraction of sp³-hybridized carbons (Fsp3) is 0.382. The van der Waals surface area contributed by atoms with Crippen LogP contribution in [0, 0.1) is 5.92 Å². The lowest BCUT2D eigenvalue weighted by atomic mass is 9.59. The zero-order valence-electron chi connectivity index (χ0n) is 25.8. The number of ketones is 1. The summed E-state index contributed by atoms with van der Waals surface area (Å²) < 4.78 is 41.2. The van der Waals surface area contributed by atoms with Crippen LogP contribution < -0.4 is 14.2 Å². The smallest absolute Gasteiger partial charge is 0.338 e. The molecule has 0 bridgehead atoms. The summed E-state index contributed by atoms with van der Waals surface area (Å²) in [6.45, 7) is 6.13. The third kappa shape index (κ3) is 4.40. The summed E-state index contributed by atoms with van der Waals surface area (Å²) in [5.74, 6) is -2.02. The van der Waals surface area contributed by atoms with Crippen LogP contribution in [0.4, 0.5) is 0 Å². The van der Waals surface area contributed by atoms with Gasteiger partial charge in [0.2, 0.25) is 24.1 Å². The second-order valence-electron chi connectivity index (χ2n) is 11.6. The predicted molar refractivity (Wildman–Crippen MR) is 158 cm³/mol. The van der Waals surface area contributed by atoms with E-state index in [4.69, 9.17) is 33.2 Å². The van der Waals surface area contributed by atoms with Crippen LogP contribution in [-0.4, -0.2) is 62.2 Å². The Bertz CT molecular complexity index is 1680. The minimum atomic E-state index is -1.93. The SMILES string of the molecule is C/C=C(/C)C(=O)O[C@H]1c2cc3c(c4c2C2(CO4)C(=O)C(OC)=C(OC)C=C2[C@H](OC(=O)c2ccccc2)[C@@](C)(O)[C@H]1C)OCO3. The van der Waals surface area contributed by atoms with Crippen molar-refractivity contribution in [3.05, 3.63) is 87.9 Å². The molecule has 0 saturated heterocycles. The first-order valence-electron chi connectivity index (χ1n) is 14.5. The third-order valence-corrected chi connectivity index (χ3v) is 9.25. The Morgan fingerprint density at radius 2 is 1.78 bits per heavy atom. The van der Waals surface area contributed by atoms with Crippen molar-refractivity contribution >= 4 is 17.7 Å². The molecule has 1 unspecified atom stereocenters. The van der Waals surface area contributed by atoms with Crippen LogP contribution in [0.1, 0.15) is 55.3 Å². The van der Waals surface area contributed by atoms with Crippen molar-refractivity contribution in [2.75, 3.05) is 27.6 Å². The predicted octanol–water partition coefficient (Wildman–Crippen LogP) is 4.24. The Morgan fingerprint density at radius 1 is 1.04 bits per heavy atom. The van der Waals surface area contributed by atoms with Gasteiger partial charge >= 0.3 is 11.9 Å². The van der Waals surface area contributed by atoms with Crippen LogP contribution in [0.5, 0.6) is 17.2 Å². The van der Waals surface area contributed by atoms with Gasteiger partial charge in [0.1, 0.15) is 23.7 Å². The van der Waals surface area contributed by atoms with Crippen molar-refractivity contribution in [2.24, 2.45) is 5.92 Å². The molecule has 2 aromatic rings. The zero-order chi connectivity index (χ0) is 32.3. The molecule has 236 valence electrons. The van der Waals surface area contributed by atoms with E-state index in [0.717, 1.165) is 0 Å². The zero-order valence-corrected chi connectivity index (χ0v) is 25.8. The molecule has 2 heterocycles. The topological polar surface area (TPSA) is 136 Å². The van der Waals surface area contributed by atoms with E-state index in [2.05, 4.69) is 0 Å². The Hall–Kier alpha value is -4.77. The van der Waals surface area contributed by atoms with Gasteiger partial charge in [-0.1, -0.05) is 31.2 Å². The maximum atomic E-state index is 14.8. The molecule has 0 aromatic heterocycles. The van der Waals surface area contributed by atoms with Gasteiger partial charge in [0.05, 0.1) is 19.8 Å². The number of allylic oxidation sites excluding steroid dienone is 3. The van der Waals surface area contributed by atoms with Crippen molar-refractivity contribution in [1.82, 2.24) is 0 Å². The molecular weight excluding hydrogens is 584 g/mol. The fourth-order valence-electron chi connectivity index (χ4n) is 6.46. The number of rotatable bonds is 6. The molecule has 0 fully saturated rings. The minimum absolute atomic E-state index is 0.0790. The van der Waals surface area contributed by atoms with Crippen LogP contribution in [-0.2, 0) is 34.0 Å². The summed E-state index contributed by atoms with van der Waals surface area (Å²) in [5, 5.41) is 12.5. The van der Waals surface area contributed by atoms with Gasteiger partial charge in [0.25, 0.3) is 0 Å². The van der Waals surface area contributed by atoms with E-state index in [0.29, 0.717) is 22.4 Å². The molecule has 5 atom stereocenters. The fourth-order valence-corrected chi connectivity index (χ4v) is 6.46. The van der Waals surface area contributed by atoms with E-state index in [1.165, 1.54) is 21.1 Å². The van der Waals surface area contributed by atoms with E-state index in [1.54, 1.807) is 69.3 Å². The maximum absolute atomic E-state index is 14.8. The van der Waals surface area contributed by atoms with Crippen LogP contribution >= 0.6 is 0 Å². The average Bonchev–Trinajstić information content (AvgIpc) is 3.68. The highest BCUT2D eigenvalue weighted by Gasteiger charge is 2.64. The van der Waals surface area contributed by atoms with Crippen molar-refractivity contribution in [2.45, 2.75) is 50.9 Å². The summed E-state index contributed by atoms with van der Waals surface area (Å²) in [4.78, 5) is 41.7. The number of benzene rings is 2. The van der Waals surface area contributed by atoms with Crippen LogP contribution in [0.3, 0.4) is 0 Å². The van der Waals surface area contributed by atoms with Crippen molar-refractivity contribution in [1.29, 1.82) is 0 Å². The number of esters is 2. The molecule has 11 nitrogen and oxygen atoms in total. The molecule has 2 aliphatic carbocycles. The summed E-state index contributed by atoms with van der Waals surface area (Å²) in [7, 11) is 2.73. The monoisotopic (exact) mass is 618 g/mol. The molecule has 1 spiro atoms. The molecule has 0 radical (unpaired) electrons. The highest BCUT2D eigenvalue weighted by atomic mass is 16.7. The average molecular weight is 619 g/mol. The van der Waals surface area contributed by atoms with Crippen LogP contribution in [0.2, 0.25) is 0 Å².